The van der Waals surface area contributed by atoms with Gasteiger partial charge in [-0.05, 0) is 12.5 Å². The van der Waals surface area contributed by atoms with Crippen molar-refractivity contribution in [3.63, 3.8) is 0 Å². The molecule has 6 nitrogen and oxygen atoms in total. The highest BCUT2D eigenvalue weighted by atomic mass is 16.5. The molecule has 2 heterocycles. The summed E-state index contributed by atoms with van der Waals surface area (Å²) >= 11 is 0. The largest absolute Gasteiger partial charge is 0.496 e. The van der Waals surface area contributed by atoms with Crippen LogP contribution in [0.15, 0.2) is 12.1 Å². The van der Waals surface area contributed by atoms with Crippen molar-refractivity contribution in [2.24, 2.45) is 0 Å². The van der Waals surface area contributed by atoms with E-state index in [0.717, 1.165) is 18.5 Å². The summed E-state index contributed by atoms with van der Waals surface area (Å²) in [6, 6.07) is 3.33. The lowest BCUT2D eigenvalue weighted by Gasteiger charge is -2.38. The third-order valence-electron chi connectivity index (χ3n) is 3.94. The van der Waals surface area contributed by atoms with Gasteiger partial charge in [0, 0.05) is 31.1 Å². The Morgan fingerprint density at radius 3 is 2.67 bits per heavy atom. The van der Waals surface area contributed by atoms with Crippen molar-refractivity contribution < 1.29 is 24.1 Å². The van der Waals surface area contributed by atoms with Crippen LogP contribution in [0.4, 0.5) is 0 Å². The number of carbonyl (C=O) groups is 1. The van der Waals surface area contributed by atoms with Gasteiger partial charge >= 0.3 is 5.97 Å². The van der Waals surface area contributed by atoms with E-state index in [4.69, 9.17) is 19.3 Å². The number of carboxylic acid groups (broad SMARTS) is 1. The summed E-state index contributed by atoms with van der Waals surface area (Å²) in [6.45, 7) is 2.58. The first-order valence-corrected chi connectivity index (χ1v) is 7.12. The SMILES string of the molecule is COc1cc2c(cc1CN1CCC1C(=O)O)OCCCO2. The van der Waals surface area contributed by atoms with Gasteiger partial charge in [0.05, 0.1) is 20.3 Å². The highest BCUT2D eigenvalue weighted by Crippen LogP contribution is 2.37. The van der Waals surface area contributed by atoms with Gasteiger partial charge in [0.25, 0.3) is 0 Å². The summed E-state index contributed by atoms with van der Waals surface area (Å²) < 4.78 is 16.7. The molecule has 1 atom stereocenters. The lowest BCUT2D eigenvalue weighted by Crippen LogP contribution is -2.51. The van der Waals surface area contributed by atoms with Gasteiger partial charge in [0.2, 0.25) is 0 Å². The van der Waals surface area contributed by atoms with Gasteiger partial charge in [-0.2, -0.15) is 0 Å². The number of methoxy groups -OCH3 is 1. The van der Waals surface area contributed by atoms with Crippen LogP contribution in [0.3, 0.4) is 0 Å². The molecule has 0 aliphatic carbocycles. The zero-order chi connectivity index (χ0) is 14.8. The Morgan fingerprint density at radius 1 is 1.38 bits per heavy atom. The smallest absolute Gasteiger partial charge is 0.320 e. The van der Waals surface area contributed by atoms with E-state index in [1.807, 2.05) is 17.0 Å². The summed E-state index contributed by atoms with van der Waals surface area (Å²) in [5, 5.41) is 9.12. The molecule has 0 aromatic heterocycles. The normalized spacial score (nSPS) is 21.3. The average molecular weight is 293 g/mol. The van der Waals surface area contributed by atoms with Gasteiger partial charge in [-0.3, -0.25) is 9.69 Å². The van der Waals surface area contributed by atoms with Crippen LogP contribution in [0.1, 0.15) is 18.4 Å². The van der Waals surface area contributed by atoms with Gasteiger partial charge in [0.1, 0.15) is 11.8 Å². The molecule has 1 aromatic carbocycles. The van der Waals surface area contributed by atoms with E-state index < -0.39 is 12.0 Å². The molecule has 1 fully saturated rings. The van der Waals surface area contributed by atoms with Crippen molar-refractivity contribution in [3.05, 3.63) is 17.7 Å². The van der Waals surface area contributed by atoms with Crippen molar-refractivity contribution in [2.75, 3.05) is 26.9 Å². The maximum Gasteiger partial charge on any atom is 0.320 e. The van der Waals surface area contributed by atoms with Crippen LogP contribution >= 0.6 is 0 Å². The Morgan fingerprint density at radius 2 is 2.10 bits per heavy atom. The van der Waals surface area contributed by atoms with Crippen LogP contribution < -0.4 is 14.2 Å². The van der Waals surface area contributed by atoms with Crippen LogP contribution in [0.25, 0.3) is 0 Å². The van der Waals surface area contributed by atoms with Crippen LogP contribution in [0.5, 0.6) is 17.2 Å². The molecule has 0 radical (unpaired) electrons. The molecule has 6 heteroatoms. The Kier molecular flexibility index (Phi) is 3.88. The molecule has 114 valence electrons. The third kappa shape index (κ3) is 2.76. The molecule has 0 amide bonds. The predicted molar refractivity (Wildman–Crippen MR) is 75.1 cm³/mol. The minimum Gasteiger partial charge on any atom is -0.496 e. The van der Waals surface area contributed by atoms with Crippen LogP contribution in [0.2, 0.25) is 0 Å². The number of hydrogen-bond donors (Lipinski definition) is 1. The van der Waals surface area contributed by atoms with Crippen molar-refractivity contribution in [1.82, 2.24) is 4.90 Å². The number of nitrogens with zero attached hydrogens (tertiary/aromatic N) is 1. The molecule has 21 heavy (non-hydrogen) atoms. The number of ether oxygens (including phenoxy) is 3. The number of aliphatic carboxylic acids is 1. The molecule has 3 rings (SSSR count). The number of benzene rings is 1. The number of hydrogen-bond acceptors (Lipinski definition) is 5. The lowest BCUT2D eigenvalue weighted by atomic mass is 10.0. The highest BCUT2D eigenvalue weighted by molar-refractivity contribution is 5.74. The molecule has 1 saturated heterocycles. The van der Waals surface area contributed by atoms with Gasteiger partial charge < -0.3 is 19.3 Å². The van der Waals surface area contributed by atoms with E-state index in [0.29, 0.717) is 43.4 Å². The van der Waals surface area contributed by atoms with E-state index >= 15 is 0 Å². The first-order chi connectivity index (χ1) is 10.2. The minimum atomic E-state index is -0.769. The van der Waals surface area contributed by atoms with E-state index in [9.17, 15) is 4.79 Å². The van der Waals surface area contributed by atoms with Gasteiger partial charge in [0.15, 0.2) is 11.5 Å². The maximum atomic E-state index is 11.1. The van der Waals surface area contributed by atoms with Gasteiger partial charge in [-0.25, -0.2) is 0 Å². The molecule has 0 bridgehead atoms. The number of carboxylic acids is 1. The van der Waals surface area contributed by atoms with Crippen molar-refractivity contribution in [2.45, 2.75) is 25.4 Å². The molecular formula is C15H19NO5. The fraction of sp³-hybridized carbons (Fsp3) is 0.533. The minimum absolute atomic E-state index is 0.398. The van der Waals surface area contributed by atoms with Gasteiger partial charge in [-0.1, -0.05) is 0 Å². The number of fused-ring (bicyclic) bond motifs is 1. The highest BCUT2D eigenvalue weighted by Gasteiger charge is 2.34. The molecule has 1 unspecified atom stereocenters. The quantitative estimate of drug-likeness (QED) is 0.907. The third-order valence-corrected chi connectivity index (χ3v) is 3.94. The fourth-order valence-electron chi connectivity index (χ4n) is 2.67. The predicted octanol–water partition coefficient (Wildman–Crippen LogP) is 1.52. The number of likely N-dealkylation sites (tertiary alicyclic amines) is 1. The molecule has 2 aliphatic rings. The zero-order valence-corrected chi connectivity index (χ0v) is 12.0. The van der Waals surface area contributed by atoms with E-state index in [-0.39, 0.29) is 0 Å². The number of rotatable bonds is 4. The first kappa shape index (κ1) is 14.0. The molecule has 0 spiro atoms. The second kappa shape index (κ2) is 5.81. The second-order valence-electron chi connectivity index (χ2n) is 5.27. The Labute approximate surface area is 123 Å². The lowest BCUT2D eigenvalue weighted by molar-refractivity contribution is -0.148. The molecule has 0 saturated carbocycles. The molecule has 2 aliphatic heterocycles. The zero-order valence-electron chi connectivity index (χ0n) is 12.0. The summed E-state index contributed by atoms with van der Waals surface area (Å²) in [4.78, 5) is 13.0. The van der Waals surface area contributed by atoms with E-state index in [1.54, 1.807) is 7.11 Å². The van der Waals surface area contributed by atoms with Crippen molar-refractivity contribution in [1.29, 1.82) is 0 Å². The van der Waals surface area contributed by atoms with E-state index in [1.165, 1.54) is 0 Å². The average Bonchev–Trinajstić information content (AvgIpc) is 2.66. The first-order valence-electron chi connectivity index (χ1n) is 7.12. The van der Waals surface area contributed by atoms with Crippen LogP contribution in [-0.2, 0) is 11.3 Å². The Bertz CT molecular complexity index is 545. The Hall–Kier alpha value is -1.95. The standard InChI is InChI=1S/C15H19NO5/c1-19-12-8-14-13(20-5-2-6-21-14)7-10(12)9-16-4-3-11(16)15(17)18/h7-8,11H,2-6,9H2,1H3,(H,17,18). The fourth-order valence-corrected chi connectivity index (χ4v) is 2.67. The monoisotopic (exact) mass is 293 g/mol. The second-order valence-corrected chi connectivity index (χ2v) is 5.27. The Balaban J connectivity index is 1.84. The summed E-state index contributed by atoms with van der Waals surface area (Å²) in [5.41, 5.74) is 0.924. The molecule has 1 N–H and O–H groups in total. The van der Waals surface area contributed by atoms with Crippen LogP contribution in [0, 0.1) is 0 Å². The van der Waals surface area contributed by atoms with Crippen LogP contribution in [-0.4, -0.2) is 48.9 Å². The summed E-state index contributed by atoms with van der Waals surface area (Å²) in [5.74, 6) is 1.33. The summed E-state index contributed by atoms with van der Waals surface area (Å²) in [7, 11) is 1.60. The van der Waals surface area contributed by atoms with Crippen molar-refractivity contribution in [3.8, 4) is 17.2 Å². The topological polar surface area (TPSA) is 68.2 Å². The van der Waals surface area contributed by atoms with Crippen molar-refractivity contribution >= 4 is 5.97 Å². The van der Waals surface area contributed by atoms with E-state index in [2.05, 4.69) is 0 Å². The molecule has 1 aromatic rings. The maximum absolute atomic E-state index is 11.1. The van der Waals surface area contributed by atoms with Gasteiger partial charge in [-0.15, -0.1) is 0 Å². The molecular weight excluding hydrogens is 274 g/mol. The summed E-state index contributed by atoms with van der Waals surface area (Å²) in [6.07, 6.45) is 1.54.